The molecule has 0 saturated carbocycles. The number of carbonyl (C=O) groups excluding carboxylic acids is 2. The van der Waals surface area contributed by atoms with Crippen molar-refractivity contribution in [1.82, 2.24) is 0 Å². The summed E-state index contributed by atoms with van der Waals surface area (Å²) in [6.07, 6.45) is -4.61. The summed E-state index contributed by atoms with van der Waals surface area (Å²) in [6.45, 7) is 1.25. The number of esters is 1. The summed E-state index contributed by atoms with van der Waals surface area (Å²) in [4.78, 5) is 23.4. The molecule has 7 heteroatoms. The predicted molar refractivity (Wildman–Crippen MR) is 85.9 cm³/mol. The van der Waals surface area contributed by atoms with Crippen molar-refractivity contribution < 1.29 is 27.5 Å². The van der Waals surface area contributed by atoms with Crippen LogP contribution in [0.3, 0.4) is 0 Å². The smallest absolute Gasteiger partial charge is 0.418 e. The lowest BCUT2D eigenvalue weighted by molar-refractivity contribution is -0.146. The molecule has 0 aliphatic heterocycles. The van der Waals surface area contributed by atoms with Crippen LogP contribution in [0, 0.1) is 6.92 Å². The molecule has 0 bridgehead atoms. The van der Waals surface area contributed by atoms with Crippen molar-refractivity contribution in [2.75, 3.05) is 11.9 Å². The highest BCUT2D eigenvalue weighted by Gasteiger charge is 2.33. The molecule has 0 unspecified atom stereocenters. The Hall–Kier alpha value is -2.83. The minimum Gasteiger partial charge on any atom is -0.455 e. The van der Waals surface area contributed by atoms with Gasteiger partial charge in [-0.3, -0.25) is 9.59 Å². The standard InChI is InChI=1S/C18H16F3NO3/c1-12-6-8-13(9-7-12)10-17(24)25-11-16(23)22-15-5-3-2-4-14(15)18(19,20)21/h2-9H,10-11H2,1H3,(H,22,23). The molecule has 0 heterocycles. The largest absolute Gasteiger partial charge is 0.455 e. The Kier molecular flexibility index (Phi) is 5.80. The zero-order valence-corrected chi connectivity index (χ0v) is 13.4. The summed E-state index contributed by atoms with van der Waals surface area (Å²) in [5, 5.41) is 2.11. The molecule has 0 aliphatic rings. The van der Waals surface area contributed by atoms with Crippen LogP contribution in [0.4, 0.5) is 18.9 Å². The summed E-state index contributed by atoms with van der Waals surface area (Å²) in [5.74, 6) is -1.47. The SMILES string of the molecule is Cc1ccc(CC(=O)OCC(=O)Nc2ccccc2C(F)(F)F)cc1. The monoisotopic (exact) mass is 351 g/mol. The first-order valence-corrected chi connectivity index (χ1v) is 7.43. The highest BCUT2D eigenvalue weighted by Crippen LogP contribution is 2.34. The average molecular weight is 351 g/mol. The lowest BCUT2D eigenvalue weighted by atomic mass is 10.1. The number of nitrogens with one attached hydrogen (secondary N) is 1. The van der Waals surface area contributed by atoms with Crippen LogP contribution in [-0.2, 0) is 26.9 Å². The third-order valence-electron chi connectivity index (χ3n) is 3.34. The van der Waals surface area contributed by atoms with Gasteiger partial charge in [0, 0.05) is 0 Å². The summed E-state index contributed by atoms with van der Waals surface area (Å²) >= 11 is 0. The molecule has 0 aromatic heterocycles. The first-order chi connectivity index (χ1) is 11.8. The van der Waals surface area contributed by atoms with E-state index >= 15 is 0 Å². The van der Waals surface area contributed by atoms with Gasteiger partial charge in [0.2, 0.25) is 0 Å². The Morgan fingerprint density at radius 3 is 2.32 bits per heavy atom. The third-order valence-corrected chi connectivity index (χ3v) is 3.34. The van der Waals surface area contributed by atoms with Crippen LogP contribution in [0.25, 0.3) is 0 Å². The van der Waals surface area contributed by atoms with Gasteiger partial charge in [-0.15, -0.1) is 0 Å². The summed E-state index contributed by atoms with van der Waals surface area (Å²) in [6, 6.07) is 11.8. The molecule has 0 fully saturated rings. The Morgan fingerprint density at radius 1 is 1.04 bits per heavy atom. The topological polar surface area (TPSA) is 55.4 Å². The summed E-state index contributed by atoms with van der Waals surface area (Å²) in [7, 11) is 0. The van der Waals surface area contributed by atoms with Gasteiger partial charge in [0.15, 0.2) is 6.61 Å². The summed E-state index contributed by atoms with van der Waals surface area (Å²) in [5.41, 5.74) is 0.419. The number of hydrogen-bond donors (Lipinski definition) is 1. The van der Waals surface area contributed by atoms with Crippen molar-refractivity contribution in [2.45, 2.75) is 19.5 Å². The van der Waals surface area contributed by atoms with Crippen molar-refractivity contribution >= 4 is 17.6 Å². The van der Waals surface area contributed by atoms with Crippen molar-refractivity contribution in [1.29, 1.82) is 0 Å². The number of ether oxygens (including phenoxy) is 1. The number of para-hydroxylation sites is 1. The maximum Gasteiger partial charge on any atom is 0.418 e. The van der Waals surface area contributed by atoms with E-state index in [1.165, 1.54) is 12.1 Å². The number of anilines is 1. The second-order valence-corrected chi connectivity index (χ2v) is 5.41. The predicted octanol–water partition coefficient (Wildman–Crippen LogP) is 3.74. The molecule has 0 atom stereocenters. The molecule has 2 rings (SSSR count). The lowest BCUT2D eigenvalue weighted by Crippen LogP contribution is -2.23. The molecule has 1 N–H and O–H groups in total. The first-order valence-electron chi connectivity index (χ1n) is 7.43. The van der Waals surface area contributed by atoms with Gasteiger partial charge in [-0.2, -0.15) is 13.2 Å². The van der Waals surface area contributed by atoms with Gasteiger partial charge in [0.05, 0.1) is 17.7 Å². The maximum atomic E-state index is 12.8. The molecule has 25 heavy (non-hydrogen) atoms. The van der Waals surface area contributed by atoms with E-state index in [9.17, 15) is 22.8 Å². The van der Waals surface area contributed by atoms with Gasteiger partial charge >= 0.3 is 12.1 Å². The van der Waals surface area contributed by atoms with Gasteiger partial charge in [0.1, 0.15) is 0 Å². The maximum absolute atomic E-state index is 12.8. The van der Waals surface area contributed by atoms with Crippen LogP contribution < -0.4 is 5.32 Å². The number of benzene rings is 2. The number of alkyl halides is 3. The fourth-order valence-corrected chi connectivity index (χ4v) is 2.10. The molecule has 2 aromatic carbocycles. The van der Waals surface area contributed by atoms with Crippen molar-refractivity contribution in [3.8, 4) is 0 Å². The molecule has 132 valence electrons. The third kappa shape index (κ3) is 5.63. The van der Waals surface area contributed by atoms with Gasteiger partial charge < -0.3 is 10.1 Å². The van der Waals surface area contributed by atoms with E-state index in [-0.39, 0.29) is 12.1 Å². The minimum absolute atomic E-state index is 0.0211. The lowest BCUT2D eigenvalue weighted by Gasteiger charge is -2.13. The van der Waals surface area contributed by atoms with Crippen LogP contribution >= 0.6 is 0 Å². The first kappa shape index (κ1) is 18.5. The second-order valence-electron chi connectivity index (χ2n) is 5.41. The Bertz CT molecular complexity index is 755. The van der Waals surface area contributed by atoms with E-state index in [0.717, 1.165) is 23.3 Å². The number of carbonyl (C=O) groups is 2. The van der Waals surface area contributed by atoms with Gasteiger partial charge in [-0.05, 0) is 24.6 Å². The average Bonchev–Trinajstić information content (AvgIpc) is 2.55. The number of hydrogen-bond acceptors (Lipinski definition) is 3. The Morgan fingerprint density at radius 2 is 1.68 bits per heavy atom. The van der Waals surface area contributed by atoms with Crippen LogP contribution in [0.5, 0.6) is 0 Å². The highest BCUT2D eigenvalue weighted by molar-refractivity contribution is 5.93. The van der Waals surface area contributed by atoms with E-state index in [1.807, 2.05) is 19.1 Å². The molecule has 0 spiro atoms. The van der Waals surface area contributed by atoms with E-state index in [4.69, 9.17) is 4.74 Å². The number of halogens is 3. The molecule has 4 nitrogen and oxygen atoms in total. The van der Waals surface area contributed by atoms with Crippen molar-refractivity contribution in [3.05, 3.63) is 65.2 Å². The fourth-order valence-electron chi connectivity index (χ4n) is 2.10. The van der Waals surface area contributed by atoms with E-state index in [2.05, 4.69) is 5.32 Å². The highest BCUT2D eigenvalue weighted by atomic mass is 19.4. The normalized spacial score (nSPS) is 11.0. The zero-order chi connectivity index (χ0) is 18.4. The Labute approximate surface area is 142 Å². The molecule has 0 radical (unpaired) electrons. The minimum atomic E-state index is -4.59. The quantitative estimate of drug-likeness (QED) is 0.835. The number of aryl methyl sites for hydroxylation is 1. The van der Waals surface area contributed by atoms with Gasteiger partial charge in [-0.25, -0.2) is 0 Å². The van der Waals surface area contributed by atoms with Crippen LogP contribution in [0.2, 0.25) is 0 Å². The van der Waals surface area contributed by atoms with E-state index in [0.29, 0.717) is 0 Å². The van der Waals surface area contributed by atoms with Crippen LogP contribution in [-0.4, -0.2) is 18.5 Å². The fraction of sp³-hybridized carbons (Fsp3) is 0.222. The molecule has 1 amide bonds. The van der Waals surface area contributed by atoms with Gasteiger partial charge in [0.25, 0.3) is 5.91 Å². The molecular formula is C18H16F3NO3. The molecule has 0 saturated heterocycles. The van der Waals surface area contributed by atoms with Crippen molar-refractivity contribution in [2.24, 2.45) is 0 Å². The number of rotatable bonds is 5. The zero-order valence-electron chi connectivity index (χ0n) is 13.4. The second kappa shape index (κ2) is 7.83. The van der Waals surface area contributed by atoms with E-state index in [1.54, 1.807) is 12.1 Å². The Balaban J connectivity index is 1.89. The van der Waals surface area contributed by atoms with Gasteiger partial charge in [-0.1, -0.05) is 42.0 Å². The number of amides is 1. The molecule has 0 aliphatic carbocycles. The van der Waals surface area contributed by atoms with Crippen LogP contribution in [0.1, 0.15) is 16.7 Å². The van der Waals surface area contributed by atoms with Crippen molar-refractivity contribution in [3.63, 3.8) is 0 Å². The molecular weight excluding hydrogens is 335 g/mol. The summed E-state index contributed by atoms with van der Waals surface area (Å²) < 4.78 is 43.3. The van der Waals surface area contributed by atoms with Crippen LogP contribution in [0.15, 0.2) is 48.5 Å². The van der Waals surface area contributed by atoms with E-state index < -0.39 is 30.2 Å². The molecule has 2 aromatic rings.